The van der Waals surface area contributed by atoms with Gasteiger partial charge in [0.25, 0.3) is 0 Å². The van der Waals surface area contributed by atoms with Gasteiger partial charge in [-0.1, -0.05) is 19.1 Å². The third-order valence-corrected chi connectivity index (χ3v) is 2.23. The van der Waals surface area contributed by atoms with Gasteiger partial charge in [0.1, 0.15) is 5.82 Å². The second-order valence-corrected chi connectivity index (χ2v) is 3.55. The van der Waals surface area contributed by atoms with E-state index in [-0.39, 0.29) is 0 Å². The first-order valence-corrected chi connectivity index (χ1v) is 5.52. The molecule has 0 atom stereocenters. The Morgan fingerprint density at radius 2 is 1.94 bits per heavy atom. The van der Waals surface area contributed by atoms with Gasteiger partial charge >= 0.3 is 0 Å². The van der Waals surface area contributed by atoms with Gasteiger partial charge in [-0.05, 0) is 30.7 Å². The van der Waals surface area contributed by atoms with E-state index in [1.54, 1.807) is 6.20 Å². The number of nitrogens with one attached hydrogen (secondary N) is 1. The Bertz CT molecular complexity index is 440. The van der Waals surface area contributed by atoms with Gasteiger partial charge in [-0.25, -0.2) is 4.98 Å². The van der Waals surface area contributed by atoms with Crippen LogP contribution in [0.2, 0.25) is 0 Å². The minimum absolute atomic E-state index is 0.904. The molecule has 0 bridgehead atoms. The topological polar surface area (TPSA) is 37.8 Å². The third-order valence-electron chi connectivity index (χ3n) is 2.23. The molecule has 82 valence electrons. The summed E-state index contributed by atoms with van der Waals surface area (Å²) in [6.07, 6.45) is 2.87. The summed E-state index contributed by atoms with van der Waals surface area (Å²) in [6.45, 7) is 3.08. The molecule has 0 aliphatic heterocycles. The molecule has 0 amide bonds. The minimum Gasteiger partial charge on any atom is -0.370 e. The molecule has 0 aromatic carbocycles. The zero-order valence-corrected chi connectivity index (χ0v) is 9.35. The number of hydrogen-bond acceptors (Lipinski definition) is 3. The highest BCUT2D eigenvalue weighted by Gasteiger charge is 2.00. The monoisotopic (exact) mass is 213 g/mol. The summed E-state index contributed by atoms with van der Waals surface area (Å²) in [4.78, 5) is 8.79. The highest BCUT2D eigenvalue weighted by atomic mass is 15.0. The maximum Gasteiger partial charge on any atom is 0.126 e. The standard InChI is InChI=1S/C13H15N3/c1-2-9-15-13-8-5-7-12(16-13)11-6-3-4-10-14-11/h3-8,10H,2,9H2,1H3,(H,15,16). The minimum atomic E-state index is 0.904. The van der Waals surface area contributed by atoms with E-state index in [9.17, 15) is 0 Å². The fourth-order valence-electron chi connectivity index (χ4n) is 1.44. The number of hydrogen-bond donors (Lipinski definition) is 1. The third kappa shape index (κ3) is 2.57. The van der Waals surface area contributed by atoms with Crippen LogP contribution >= 0.6 is 0 Å². The molecular formula is C13H15N3. The molecule has 3 nitrogen and oxygen atoms in total. The maximum absolute atomic E-state index is 4.51. The molecule has 0 aliphatic rings. The molecule has 0 saturated heterocycles. The van der Waals surface area contributed by atoms with Crippen molar-refractivity contribution in [2.75, 3.05) is 11.9 Å². The van der Waals surface area contributed by atoms with E-state index in [2.05, 4.69) is 22.2 Å². The largest absolute Gasteiger partial charge is 0.370 e. The Morgan fingerprint density at radius 3 is 2.69 bits per heavy atom. The lowest BCUT2D eigenvalue weighted by Crippen LogP contribution is -2.02. The molecule has 0 radical (unpaired) electrons. The maximum atomic E-state index is 4.51. The van der Waals surface area contributed by atoms with Crippen LogP contribution in [0.1, 0.15) is 13.3 Å². The van der Waals surface area contributed by atoms with Crippen LogP contribution in [-0.2, 0) is 0 Å². The zero-order valence-electron chi connectivity index (χ0n) is 9.35. The number of nitrogens with zero attached hydrogens (tertiary/aromatic N) is 2. The average molecular weight is 213 g/mol. The molecule has 2 aromatic rings. The lowest BCUT2D eigenvalue weighted by Gasteiger charge is -2.05. The molecule has 2 heterocycles. The molecule has 16 heavy (non-hydrogen) atoms. The Morgan fingerprint density at radius 1 is 1.06 bits per heavy atom. The summed E-state index contributed by atoms with van der Waals surface area (Å²) in [7, 11) is 0. The lowest BCUT2D eigenvalue weighted by molar-refractivity contribution is 0.969. The molecular weight excluding hydrogens is 198 g/mol. The first-order chi connectivity index (χ1) is 7.90. The van der Waals surface area contributed by atoms with Gasteiger partial charge in [0, 0.05) is 12.7 Å². The van der Waals surface area contributed by atoms with Crippen LogP contribution in [0.3, 0.4) is 0 Å². The van der Waals surface area contributed by atoms with E-state index in [0.29, 0.717) is 0 Å². The summed E-state index contributed by atoms with van der Waals surface area (Å²) in [5.41, 5.74) is 1.81. The molecule has 0 unspecified atom stereocenters. The summed E-state index contributed by atoms with van der Waals surface area (Å²) < 4.78 is 0. The van der Waals surface area contributed by atoms with Crippen LogP contribution in [0.25, 0.3) is 11.4 Å². The molecule has 0 spiro atoms. The van der Waals surface area contributed by atoms with Gasteiger partial charge in [-0.2, -0.15) is 0 Å². The van der Waals surface area contributed by atoms with Crippen molar-refractivity contribution in [3.8, 4) is 11.4 Å². The number of aromatic nitrogens is 2. The molecule has 2 aromatic heterocycles. The highest BCUT2D eigenvalue weighted by molar-refractivity contribution is 5.56. The number of rotatable bonds is 4. The molecule has 0 fully saturated rings. The molecule has 3 heteroatoms. The lowest BCUT2D eigenvalue weighted by atomic mass is 10.2. The summed E-state index contributed by atoms with van der Waals surface area (Å²) >= 11 is 0. The van der Waals surface area contributed by atoms with Crippen molar-refractivity contribution in [2.45, 2.75) is 13.3 Å². The SMILES string of the molecule is CCCNc1cccc(-c2ccccn2)n1. The van der Waals surface area contributed by atoms with Crippen molar-refractivity contribution >= 4 is 5.82 Å². The van der Waals surface area contributed by atoms with E-state index in [0.717, 1.165) is 30.2 Å². The van der Waals surface area contributed by atoms with Gasteiger partial charge < -0.3 is 5.32 Å². The fraction of sp³-hybridized carbons (Fsp3) is 0.231. The van der Waals surface area contributed by atoms with E-state index < -0.39 is 0 Å². The van der Waals surface area contributed by atoms with Crippen LogP contribution in [-0.4, -0.2) is 16.5 Å². The molecule has 2 rings (SSSR count). The van der Waals surface area contributed by atoms with Gasteiger partial charge in [0.15, 0.2) is 0 Å². The van der Waals surface area contributed by atoms with Crippen molar-refractivity contribution in [2.24, 2.45) is 0 Å². The van der Waals surface area contributed by atoms with Crippen molar-refractivity contribution in [1.29, 1.82) is 0 Å². The summed E-state index contributed by atoms with van der Waals surface area (Å²) in [5, 5.41) is 3.27. The molecule has 0 saturated carbocycles. The van der Waals surface area contributed by atoms with Crippen molar-refractivity contribution in [1.82, 2.24) is 9.97 Å². The summed E-state index contributed by atoms with van der Waals surface area (Å²) in [5.74, 6) is 0.907. The normalized spacial score (nSPS) is 10.1. The Kier molecular flexibility index (Phi) is 3.49. The summed E-state index contributed by atoms with van der Waals surface area (Å²) in [6, 6.07) is 11.8. The van der Waals surface area contributed by atoms with E-state index in [1.807, 2.05) is 36.4 Å². The Labute approximate surface area is 95.6 Å². The van der Waals surface area contributed by atoms with Crippen LogP contribution in [0.4, 0.5) is 5.82 Å². The number of pyridine rings is 2. The van der Waals surface area contributed by atoms with Gasteiger partial charge in [0.05, 0.1) is 11.4 Å². The van der Waals surface area contributed by atoms with Crippen LogP contribution < -0.4 is 5.32 Å². The number of anilines is 1. The van der Waals surface area contributed by atoms with Crippen molar-refractivity contribution in [3.63, 3.8) is 0 Å². The molecule has 1 N–H and O–H groups in total. The Hall–Kier alpha value is -1.90. The fourth-order valence-corrected chi connectivity index (χ4v) is 1.44. The second-order valence-electron chi connectivity index (χ2n) is 3.55. The second kappa shape index (κ2) is 5.26. The average Bonchev–Trinajstić information content (AvgIpc) is 2.38. The molecule has 0 aliphatic carbocycles. The van der Waals surface area contributed by atoms with E-state index >= 15 is 0 Å². The van der Waals surface area contributed by atoms with Crippen LogP contribution in [0.5, 0.6) is 0 Å². The van der Waals surface area contributed by atoms with Gasteiger partial charge in [-0.15, -0.1) is 0 Å². The smallest absolute Gasteiger partial charge is 0.126 e. The first-order valence-electron chi connectivity index (χ1n) is 5.52. The van der Waals surface area contributed by atoms with Gasteiger partial charge in [0.2, 0.25) is 0 Å². The van der Waals surface area contributed by atoms with Crippen LogP contribution in [0.15, 0.2) is 42.6 Å². The van der Waals surface area contributed by atoms with Crippen molar-refractivity contribution < 1.29 is 0 Å². The predicted octanol–water partition coefficient (Wildman–Crippen LogP) is 2.97. The quantitative estimate of drug-likeness (QED) is 0.848. The van der Waals surface area contributed by atoms with Crippen molar-refractivity contribution in [3.05, 3.63) is 42.6 Å². The first kappa shape index (κ1) is 10.6. The van der Waals surface area contributed by atoms with E-state index in [4.69, 9.17) is 0 Å². The highest BCUT2D eigenvalue weighted by Crippen LogP contribution is 2.15. The predicted molar refractivity (Wildman–Crippen MR) is 66.2 cm³/mol. The zero-order chi connectivity index (χ0) is 11.2. The van der Waals surface area contributed by atoms with E-state index in [1.165, 1.54) is 0 Å². The van der Waals surface area contributed by atoms with Gasteiger partial charge in [-0.3, -0.25) is 4.98 Å². The van der Waals surface area contributed by atoms with Crippen LogP contribution in [0, 0.1) is 0 Å². The Balaban J connectivity index is 2.22.